The highest BCUT2D eigenvalue weighted by Gasteiger charge is 2.15. The summed E-state index contributed by atoms with van der Waals surface area (Å²) in [5, 5.41) is 12.5. The van der Waals surface area contributed by atoms with Crippen LogP contribution in [0.2, 0.25) is 5.02 Å². The average molecular weight is 228 g/mol. The first-order valence-corrected chi connectivity index (χ1v) is 5.18. The molecule has 0 spiro atoms. The van der Waals surface area contributed by atoms with Crippen molar-refractivity contribution in [3.63, 3.8) is 0 Å². The van der Waals surface area contributed by atoms with Gasteiger partial charge in [-0.25, -0.2) is 4.79 Å². The normalized spacial score (nSPS) is 12.2. The fraction of sp³-hybridized carbons (Fsp3) is 0.364. The predicted octanol–water partition coefficient (Wildman–Crippen LogP) is 2.92. The summed E-state index contributed by atoms with van der Waals surface area (Å²) in [6, 6.07) is 4.81. The standard InChI is InChI=1S/C11H14ClNO2/c1-3-9(11(14)15)13-10-6-8(12)5-4-7(10)2/h4-6,9,13H,3H2,1-2H3,(H,14,15)/t9-/m1/s1. The summed E-state index contributed by atoms with van der Waals surface area (Å²) >= 11 is 5.84. The Morgan fingerprint density at radius 3 is 2.80 bits per heavy atom. The van der Waals surface area contributed by atoms with Gasteiger partial charge in [0.15, 0.2) is 0 Å². The van der Waals surface area contributed by atoms with Crippen LogP contribution in [0.3, 0.4) is 0 Å². The zero-order valence-corrected chi connectivity index (χ0v) is 9.51. The molecule has 4 heteroatoms. The van der Waals surface area contributed by atoms with Gasteiger partial charge in [0.25, 0.3) is 0 Å². The Labute approximate surface area is 94.1 Å². The minimum Gasteiger partial charge on any atom is -0.480 e. The predicted molar refractivity (Wildman–Crippen MR) is 61.5 cm³/mol. The zero-order valence-electron chi connectivity index (χ0n) is 8.75. The number of carbonyl (C=O) groups is 1. The van der Waals surface area contributed by atoms with Crippen LogP contribution in [-0.4, -0.2) is 17.1 Å². The highest BCUT2D eigenvalue weighted by Crippen LogP contribution is 2.21. The Balaban J connectivity index is 2.87. The molecule has 1 aromatic rings. The lowest BCUT2D eigenvalue weighted by Gasteiger charge is -2.15. The molecular formula is C11H14ClNO2. The minimum atomic E-state index is -0.850. The first kappa shape index (κ1) is 11.9. The Hall–Kier alpha value is -1.22. The van der Waals surface area contributed by atoms with Gasteiger partial charge in [0.05, 0.1) is 0 Å². The average Bonchev–Trinajstić information content (AvgIpc) is 2.18. The van der Waals surface area contributed by atoms with Crippen LogP contribution in [0.15, 0.2) is 18.2 Å². The van der Waals surface area contributed by atoms with Crippen molar-refractivity contribution in [2.75, 3.05) is 5.32 Å². The SMILES string of the molecule is CC[C@@H](Nc1cc(Cl)ccc1C)C(=O)O. The number of halogens is 1. The summed E-state index contributed by atoms with van der Waals surface area (Å²) in [4.78, 5) is 10.8. The Kier molecular flexibility index (Phi) is 3.97. The van der Waals surface area contributed by atoms with Gasteiger partial charge < -0.3 is 10.4 Å². The summed E-state index contributed by atoms with van der Waals surface area (Å²) in [6.45, 7) is 3.74. The van der Waals surface area contributed by atoms with Gasteiger partial charge in [0.2, 0.25) is 0 Å². The van der Waals surface area contributed by atoms with E-state index >= 15 is 0 Å². The maximum Gasteiger partial charge on any atom is 0.326 e. The Bertz CT molecular complexity index is 366. The molecule has 82 valence electrons. The number of aliphatic carboxylic acids is 1. The summed E-state index contributed by atoms with van der Waals surface area (Å²) in [5.74, 6) is -0.850. The third-order valence-corrected chi connectivity index (χ3v) is 2.47. The number of benzene rings is 1. The van der Waals surface area contributed by atoms with Crippen LogP contribution in [-0.2, 0) is 4.79 Å². The van der Waals surface area contributed by atoms with Gasteiger partial charge in [-0.1, -0.05) is 24.6 Å². The molecule has 0 amide bonds. The lowest BCUT2D eigenvalue weighted by molar-refractivity contribution is -0.137. The van der Waals surface area contributed by atoms with Gasteiger partial charge in [0.1, 0.15) is 6.04 Å². The quantitative estimate of drug-likeness (QED) is 0.832. The van der Waals surface area contributed by atoms with E-state index in [4.69, 9.17) is 16.7 Å². The summed E-state index contributed by atoms with van der Waals surface area (Å²) < 4.78 is 0. The van der Waals surface area contributed by atoms with Crippen molar-refractivity contribution in [1.29, 1.82) is 0 Å². The number of anilines is 1. The number of aryl methyl sites for hydroxylation is 1. The van der Waals surface area contributed by atoms with Crippen molar-refractivity contribution < 1.29 is 9.90 Å². The fourth-order valence-electron chi connectivity index (χ4n) is 1.28. The van der Waals surface area contributed by atoms with E-state index in [0.29, 0.717) is 11.4 Å². The van der Waals surface area contributed by atoms with Crippen LogP contribution in [0.4, 0.5) is 5.69 Å². The van der Waals surface area contributed by atoms with E-state index < -0.39 is 12.0 Å². The second-order valence-corrected chi connectivity index (χ2v) is 3.84. The Morgan fingerprint density at radius 2 is 2.27 bits per heavy atom. The molecule has 1 rings (SSSR count). The van der Waals surface area contributed by atoms with E-state index in [1.165, 1.54) is 0 Å². The van der Waals surface area contributed by atoms with Gasteiger partial charge >= 0.3 is 5.97 Å². The van der Waals surface area contributed by atoms with Gasteiger partial charge in [-0.3, -0.25) is 0 Å². The third kappa shape index (κ3) is 3.13. The van der Waals surface area contributed by atoms with Gasteiger partial charge in [0, 0.05) is 10.7 Å². The molecule has 1 aromatic carbocycles. The van der Waals surface area contributed by atoms with Crippen molar-refractivity contribution in [3.8, 4) is 0 Å². The lowest BCUT2D eigenvalue weighted by atomic mass is 10.1. The highest BCUT2D eigenvalue weighted by molar-refractivity contribution is 6.30. The number of carboxylic acid groups (broad SMARTS) is 1. The van der Waals surface area contributed by atoms with Crippen molar-refractivity contribution in [3.05, 3.63) is 28.8 Å². The molecule has 0 aliphatic carbocycles. The number of hydrogen-bond acceptors (Lipinski definition) is 2. The summed E-state index contributed by atoms with van der Waals surface area (Å²) in [7, 11) is 0. The maximum atomic E-state index is 10.8. The second kappa shape index (κ2) is 5.03. The zero-order chi connectivity index (χ0) is 11.4. The molecule has 0 unspecified atom stereocenters. The van der Waals surface area contributed by atoms with E-state index in [1.54, 1.807) is 12.1 Å². The Morgan fingerprint density at radius 1 is 1.60 bits per heavy atom. The monoisotopic (exact) mass is 227 g/mol. The van der Waals surface area contributed by atoms with Crippen LogP contribution < -0.4 is 5.32 Å². The molecule has 0 aliphatic heterocycles. The van der Waals surface area contributed by atoms with Gasteiger partial charge in [-0.2, -0.15) is 0 Å². The first-order valence-electron chi connectivity index (χ1n) is 4.80. The van der Waals surface area contributed by atoms with Crippen LogP contribution >= 0.6 is 11.6 Å². The molecule has 0 radical (unpaired) electrons. The molecule has 0 saturated heterocycles. The lowest BCUT2D eigenvalue weighted by Crippen LogP contribution is -2.28. The molecular weight excluding hydrogens is 214 g/mol. The van der Waals surface area contributed by atoms with E-state index in [9.17, 15) is 4.79 Å². The molecule has 1 atom stereocenters. The maximum absolute atomic E-state index is 10.8. The molecule has 0 fully saturated rings. The van der Waals surface area contributed by atoms with Gasteiger partial charge in [-0.05, 0) is 31.0 Å². The van der Waals surface area contributed by atoms with Crippen LogP contribution in [0.25, 0.3) is 0 Å². The smallest absolute Gasteiger partial charge is 0.326 e. The van der Waals surface area contributed by atoms with Gasteiger partial charge in [-0.15, -0.1) is 0 Å². The largest absolute Gasteiger partial charge is 0.480 e. The van der Waals surface area contributed by atoms with E-state index in [0.717, 1.165) is 11.3 Å². The minimum absolute atomic E-state index is 0.529. The van der Waals surface area contributed by atoms with Crippen LogP contribution in [0.5, 0.6) is 0 Å². The van der Waals surface area contributed by atoms with Crippen molar-refractivity contribution in [2.45, 2.75) is 26.3 Å². The van der Waals surface area contributed by atoms with Crippen LogP contribution in [0, 0.1) is 6.92 Å². The molecule has 2 N–H and O–H groups in total. The first-order chi connectivity index (χ1) is 7.04. The van der Waals surface area contributed by atoms with E-state index in [-0.39, 0.29) is 0 Å². The van der Waals surface area contributed by atoms with Crippen molar-refractivity contribution >= 4 is 23.3 Å². The number of carboxylic acids is 1. The van der Waals surface area contributed by atoms with Crippen molar-refractivity contribution in [2.24, 2.45) is 0 Å². The second-order valence-electron chi connectivity index (χ2n) is 3.40. The van der Waals surface area contributed by atoms with E-state index in [1.807, 2.05) is 19.9 Å². The summed E-state index contributed by atoms with van der Waals surface area (Å²) in [6.07, 6.45) is 0.529. The number of rotatable bonds is 4. The molecule has 0 aromatic heterocycles. The highest BCUT2D eigenvalue weighted by atomic mass is 35.5. The topological polar surface area (TPSA) is 49.3 Å². The third-order valence-electron chi connectivity index (χ3n) is 2.24. The molecule has 0 aliphatic rings. The molecule has 0 bridgehead atoms. The molecule has 0 saturated carbocycles. The summed E-state index contributed by atoms with van der Waals surface area (Å²) in [5.41, 5.74) is 1.76. The molecule has 15 heavy (non-hydrogen) atoms. The molecule has 3 nitrogen and oxygen atoms in total. The fourth-order valence-corrected chi connectivity index (χ4v) is 1.45. The van der Waals surface area contributed by atoms with Crippen LogP contribution in [0.1, 0.15) is 18.9 Å². The molecule has 0 heterocycles. The number of nitrogens with one attached hydrogen (secondary N) is 1. The van der Waals surface area contributed by atoms with Crippen molar-refractivity contribution in [1.82, 2.24) is 0 Å². The number of hydrogen-bond donors (Lipinski definition) is 2. The van der Waals surface area contributed by atoms with E-state index in [2.05, 4.69) is 5.32 Å².